The van der Waals surface area contributed by atoms with Gasteiger partial charge in [-0.1, -0.05) is 11.8 Å². The van der Waals surface area contributed by atoms with Crippen LogP contribution in [0.3, 0.4) is 0 Å². The number of ketones is 1. The van der Waals surface area contributed by atoms with Gasteiger partial charge in [0.05, 0.1) is 19.0 Å². The molecule has 0 unspecified atom stereocenters. The number of hydrogen-bond acceptors (Lipinski definition) is 11. The van der Waals surface area contributed by atoms with Crippen LogP contribution in [0.5, 0.6) is 0 Å². The Labute approximate surface area is 240 Å². The highest BCUT2D eigenvalue weighted by Crippen LogP contribution is 2.51. The highest BCUT2D eigenvalue weighted by Gasteiger charge is 2.59. The maximum atomic E-state index is 15.1. The third-order valence-electron chi connectivity index (χ3n) is 6.30. The van der Waals surface area contributed by atoms with E-state index in [-0.39, 0.29) is 46.7 Å². The number of carbonyl (C=O) groups is 3. The Morgan fingerprint density at radius 2 is 2.05 bits per heavy atom. The van der Waals surface area contributed by atoms with Gasteiger partial charge < -0.3 is 20.9 Å². The van der Waals surface area contributed by atoms with E-state index in [1.54, 1.807) is 0 Å². The Morgan fingerprint density at radius 1 is 1.29 bits per heavy atom. The summed E-state index contributed by atoms with van der Waals surface area (Å²) >= 11 is 1.12. The van der Waals surface area contributed by atoms with E-state index in [9.17, 15) is 23.2 Å². The Balaban J connectivity index is 0.000000517. The first-order valence-corrected chi connectivity index (χ1v) is 13.3. The van der Waals surface area contributed by atoms with Gasteiger partial charge in [0, 0.05) is 29.8 Å². The molecule has 0 bridgehead atoms. The summed E-state index contributed by atoms with van der Waals surface area (Å²) in [6.45, 7) is 1.74. The largest absolute Gasteiger partial charge is 0.481 e. The predicted molar refractivity (Wildman–Crippen MR) is 144 cm³/mol. The van der Waals surface area contributed by atoms with E-state index in [1.807, 2.05) is 0 Å². The van der Waals surface area contributed by atoms with Crippen molar-refractivity contribution in [3.05, 3.63) is 60.3 Å². The second kappa shape index (κ2) is 12.2. The monoisotopic (exact) mass is 606 g/mol. The third kappa shape index (κ3) is 6.73. The fraction of sp³-hybridized carbons (Fsp3) is 0.360. The van der Waals surface area contributed by atoms with Crippen molar-refractivity contribution in [3.8, 4) is 5.82 Å². The number of thioether (sulfide) groups is 1. The summed E-state index contributed by atoms with van der Waals surface area (Å²) in [6, 6.07) is 3.86. The van der Waals surface area contributed by atoms with Gasteiger partial charge in [-0.3, -0.25) is 14.4 Å². The van der Waals surface area contributed by atoms with E-state index in [2.05, 4.69) is 30.4 Å². The smallest absolute Gasteiger partial charge is 0.310 e. The number of benzene rings is 1. The molecule has 3 aromatic rings. The maximum Gasteiger partial charge on any atom is 0.310 e. The van der Waals surface area contributed by atoms with Crippen LogP contribution < -0.4 is 11.1 Å². The van der Waals surface area contributed by atoms with Crippen molar-refractivity contribution < 1.29 is 37.4 Å². The van der Waals surface area contributed by atoms with Gasteiger partial charge in [0.15, 0.2) is 11.0 Å². The van der Waals surface area contributed by atoms with Gasteiger partial charge in [-0.2, -0.15) is 5.10 Å². The normalized spacial score (nSPS) is 21.4. The summed E-state index contributed by atoms with van der Waals surface area (Å²) in [4.78, 5) is 48.6. The molecule has 0 radical (unpaired) electrons. The molecule has 222 valence electrons. The number of anilines is 1. The number of fused-ring (bicyclic) bond motifs is 1. The van der Waals surface area contributed by atoms with Crippen LogP contribution in [0.15, 0.2) is 48.2 Å². The number of Topliss-reactive ketones (excluding diaryl/α,β-unsaturated/α-hetero) is 1. The zero-order valence-electron chi connectivity index (χ0n) is 22.2. The minimum atomic E-state index is -3.16. The molecule has 1 saturated heterocycles. The van der Waals surface area contributed by atoms with Crippen molar-refractivity contribution in [2.75, 3.05) is 17.7 Å². The highest BCUT2D eigenvalue weighted by atomic mass is 32.2. The minimum absolute atomic E-state index is 0.00185. The van der Waals surface area contributed by atoms with Crippen molar-refractivity contribution in [3.63, 3.8) is 0 Å². The molecule has 2 aromatic heterocycles. The molecule has 4 N–H and O–H groups in total. The third-order valence-corrected chi connectivity index (χ3v) is 7.21. The zero-order valence-corrected chi connectivity index (χ0v) is 23.0. The molecule has 42 heavy (non-hydrogen) atoms. The summed E-state index contributed by atoms with van der Waals surface area (Å²) < 4.78 is 50.4. The highest BCUT2D eigenvalue weighted by molar-refractivity contribution is 8.13. The molecule has 5 rings (SSSR count). The lowest BCUT2D eigenvalue weighted by Crippen LogP contribution is -2.46. The SMILES string of the molecule is CC(=O)CC(=O)O.CC(F)(F)[C@H]1OC[C@]2(c3cc(NC(=O)c4cnc(-n5cncn5)cn4)ccc3F)N=C(N)SC[C@H]12. The number of aromatic nitrogens is 5. The lowest BCUT2D eigenvalue weighted by molar-refractivity contribution is -0.139. The molecule has 4 heterocycles. The Kier molecular flexibility index (Phi) is 8.91. The van der Waals surface area contributed by atoms with Crippen molar-refractivity contribution in [2.24, 2.45) is 16.6 Å². The van der Waals surface area contributed by atoms with Gasteiger partial charge in [-0.05, 0) is 25.1 Å². The quantitative estimate of drug-likeness (QED) is 0.335. The minimum Gasteiger partial charge on any atom is -0.481 e. The number of carbonyl (C=O) groups excluding carboxylic acids is 2. The van der Waals surface area contributed by atoms with Gasteiger partial charge in [-0.15, -0.1) is 0 Å². The summed E-state index contributed by atoms with van der Waals surface area (Å²) in [7, 11) is 0. The molecule has 13 nitrogen and oxygen atoms in total. The van der Waals surface area contributed by atoms with Crippen molar-refractivity contribution >= 4 is 40.3 Å². The molecule has 1 amide bonds. The second-order valence-corrected chi connectivity index (χ2v) is 10.5. The number of aliphatic carboxylic acids is 1. The van der Waals surface area contributed by atoms with Crippen LogP contribution in [0.25, 0.3) is 5.82 Å². The molecule has 3 atom stereocenters. The number of ether oxygens (including phenoxy) is 1. The van der Waals surface area contributed by atoms with Crippen LogP contribution >= 0.6 is 11.8 Å². The first kappa shape index (κ1) is 30.6. The van der Waals surface area contributed by atoms with Crippen LogP contribution in [-0.2, 0) is 19.9 Å². The van der Waals surface area contributed by atoms with Gasteiger partial charge in [-0.25, -0.2) is 37.8 Å². The Hall–Kier alpha value is -4.38. The first-order valence-electron chi connectivity index (χ1n) is 12.3. The topological polar surface area (TPSA) is 188 Å². The van der Waals surface area contributed by atoms with Crippen molar-refractivity contribution in [1.29, 1.82) is 0 Å². The van der Waals surface area contributed by atoms with E-state index >= 15 is 4.39 Å². The van der Waals surface area contributed by atoms with Gasteiger partial charge >= 0.3 is 5.97 Å². The van der Waals surface area contributed by atoms with E-state index < -0.39 is 41.2 Å². The number of carboxylic acid groups (broad SMARTS) is 1. The number of nitrogens with two attached hydrogens (primary N) is 1. The number of alkyl halides is 2. The number of hydrogen-bond donors (Lipinski definition) is 3. The van der Waals surface area contributed by atoms with Crippen LogP contribution in [0, 0.1) is 11.7 Å². The summed E-state index contributed by atoms with van der Waals surface area (Å²) in [5, 5.41) is 14.6. The lowest BCUT2D eigenvalue weighted by atomic mass is 9.77. The number of nitrogens with zero attached hydrogens (tertiary/aromatic N) is 6. The van der Waals surface area contributed by atoms with Gasteiger partial charge in [0.1, 0.15) is 48.0 Å². The molecule has 0 aliphatic carbocycles. The second-order valence-electron chi connectivity index (χ2n) is 9.50. The molecule has 1 fully saturated rings. The summed E-state index contributed by atoms with van der Waals surface area (Å²) in [5.41, 5.74) is 4.71. The van der Waals surface area contributed by atoms with Crippen LogP contribution in [0.4, 0.5) is 18.9 Å². The van der Waals surface area contributed by atoms with E-state index in [0.717, 1.165) is 24.8 Å². The number of amides is 1. The lowest BCUT2D eigenvalue weighted by Gasteiger charge is -2.37. The van der Waals surface area contributed by atoms with Crippen LogP contribution in [0.1, 0.15) is 36.3 Å². The predicted octanol–water partition coefficient (Wildman–Crippen LogP) is 2.43. The molecule has 2 aliphatic rings. The summed E-state index contributed by atoms with van der Waals surface area (Å²) in [6.07, 6.45) is 3.56. The number of rotatable bonds is 7. The fourth-order valence-electron chi connectivity index (χ4n) is 4.50. The van der Waals surface area contributed by atoms with Gasteiger partial charge in [0.2, 0.25) is 0 Å². The summed E-state index contributed by atoms with van der Waals surface area (Å²) in [5.74, 6) is -6.08. The number of aliphatic imine (C=N–C) groups is 1. The number of amidine groups is 1. The molecular formula is C25H25F3N8O5S. The first-order chi connectivity index (χ1) is 19.8. The molecule has 0 spiro atoms. The number of halogens is 3. The average Bonchev–Trinajstić information content (AvgIpc) is 3.58. The molecule has 0 saturated carbocycles. The Bertz CT molecular complexity index is 1490. The molecule has 1 aromatic carbocycles. The zero-order chi connectivity index (χ0) is 30.7. The van der Waals surface area contributed by atoms with Crippen molar-refractivity contribution in [2.45, 2.75) is 37.8 Å². The molecule has 2 aliphatic heterocycles. The van der Waals surface area contributed by atoms with Crippen molar-refractivity contribution in [1.82, 2.24) is 24.7 Å². The van der Waals surface area contributed by atoms with Crippen LogP contribution in [-0.4, -0.2) is 77.1 Å². The number of carboxylic acids is 1. The van der Waals surface area contributed by atoms with E-state index in [1.165, 1.54) is 48.8 Å². The fourth-order valence-corrected chi connectivity index (χ4v) is 5.53. The van der Waals surface area contributed by atoms with Crippen LogP contribution in [0.2, 0.25) is 0 Å². The average molecular weight is 607 g/mol. The number of nitrogens with one attached hydrogen (secondary N) is 1. The maximum absolute atomic E-state index is 15.1. The Morgan fingerprint density at radius 3 is 2.62 bits per heavy atom. The van der Waals surface area contributed by atoms with Gasteiger partial charge in [0.25, 0.3) is 11.8 Å². The van der Waals surface area contributed by atoms with E-state index in [4.69, 9.17) is 15.6 Å². The molecular weight excluding hydrogens is 581 g/mol. The standard InChI is InChI=1S/C21H19F3N8O2S.C4H6O3/c1-20(23,24)17-13-7-35-19(25)31-21(13,8-34-17)12-4-11(2-3-14(12)22)30-18(33)15-5-28-16(6-27-15)32-10-26-9-29-32;1-3(5)2-4(6)7/h2-6,9-10,13,17H,7-8H2,1H3,(H2,25,31)(H,30,33);2H2,1H3,(H,6,7)/t13-,17+,21-;/m1./s1. The molecule has 17 heteroatoms. The van der Waals surface area contributed by atoms with E-state index in [0.29, 0.717) is 5.82 Å².